The van der Waals surface area contributed by atoms with Gasteiger partial charge in [-0.3, -0.25) is 4.79 Å². The van der Waals surface area contributed by atoms with Gasteiger partial charge < -0.3 is 5.32 Å². The maximum absolute atomic E-state index is 13.4. The van der Waals surface area contributed by atoms with E-state index >= 15 is 0 Å². The molecule has 0 aromatic heterocycles. The number of carbonyl (C=O) groups is 1. The third-order valence-electron chi connectivity index (χ3n) is 5.87. The number of para-hydroxylation sites is 1. The van der Waals surface area contributed by atoms with Crippen molar-refractivity contribution in [1.82, 2.24) is 4.31 Å². The Morgan fingerprint density at radius 3 is 2.21 bits per heavy atom. The fourth-order valence-corrected chi connectivity index (χ4v) is 6.67. The molecule has 9 heteroatoms. The third kappa shape index (κ3) is 5.22. The molecule has 34 heavy (non-hydrogen) atoms. The zero-order chi connectivity index (χ0) is 24.3. The van der Waals surface area contributed by atoms with E-state index in [1.165, 1.54) is 22.5 Å². The van der Waals surface area contributed by atoms with Crippen LogP contribution < -0.4 is 5.32 Å². The van der Waals surface area contributed by atoms with Crippen LogP contribution in [-0.4, -0.2) is 46.4 Å². The number of hydrogen-bond acceptors (Lipinski definition) is 5. The molecule has 0 saturated carbocycles. The van der Waals surface area contributed by atoms with Gasteiger partial charge in [0.05, 0.1) is 15.7 Å². The van der Waals surface area contributed by atoms with Crippen LogP contribution in [0.5, 0.6) is 0 Å². The number of sulfone groups is 1. The van der Waals surface area contributed by atoms with Gasteiger partial charge in [0.1, 0.15) is 0 Å². The molecule has 1 N–H and O–H groups in total. The number of nitrogens with one attached hydrogen (secondary N) is 1. The Labute approximate surface area is 200 Å². The maximum Gasteiger partial charge on any atom is 0.243 e. The van der Waals surface area contributed by atoms with E-state index in [2.05, 4.69) is 5.32 Å². The van der Waals surface area contributed by atoms with Crippen molar-refractivity contribution in [2.24, 2.45) is 5.92 Å². The van der Waals surface area contributed by atoms with Crippen molar-refractivity contribution in [1.29, 1.82) is 0 Å². The summed E-state index contributed by atoms with van der Waals surface area (Å²) >= 11 is 0. The minimum absolute atomic E-state index is 0.0373. The summed E-state index contributed by atoms with van der Waals surface area (Å²) in [5.41, 5.74) is 1.78. The van der Waals surface area contributed by atoms with Gasteiger partial charge >= 0.3 is 0 Å². The molecule has 1 amide bonds. The lowest BCUT2D eigenvalue weighted by Crippen LogP contribution is -2.43. The number of anilines is 1. The minimum atomic E-state index is -3.99. The lowest BCUT2D eigenvalue weighted by atomic mass is 9.99. The van der Waals surface area contributed by atoms with Crippen molar-refractivity contribution in [3.63, 3.8) is 0 Å². The summed E-state index contributed by atoms with van der Waals surface area (Å²) in [5.74, 6) is -0.732. The molecule has 178 valence electrons. The second-order valence-corrected chi connectivity index (χ2v) is 12.3. The van der Waals surface area contributed by atoms with Crippen LogP contribution in [-0.2, 0) is 24.7 Å². The van der Waals surface area contributed by atoms with Crippen molar-refractivity contribution in [2.75, 3.05) is 24.7 Å². The molecule has 3 aromatic carbocycles. The summed E-state index contributed by atoms with van der Waals surface area (Å²) in [7, 11) is -7.70. The van der Waals surface area contributed by atoms with Gasteiger partial charge in [-0.2, -0.15) is 4.31 Å². The van der Waals surface area contributed by atoms with Gasteiger partial charge in [-0.1, -0.05) is 54.6 Å². The molecule has 1 aliphatic rings. The molecule has 1 aliphatic heterocycles. The highest BCUT2D eigenvalue weighted by Gasteiger charge is 2.34. The lowest BCUT2D eigenvalue weighted by Gasteiger charge is -2.31. The van der Waals surface area contributed by atoms with Crippen LogP contribution in [0.4, 0.5) is 5.69 Å². The van der Waals surface area contributed by atoms with Crippen molar-refractivity contribution < 1.29 is 21.6 Å². The van der Waals surface area contributed by atoms with Crippen molar-refractivity contribution in [3.8, 4) is 11.1 Å². The maximum atomic E-state index is 13.4. The molecule has 1 fully saturated rings. The zero-order valence-corrected chi connectivity index (χ0v) is 20.3. The van der Waals surface area contributed by atoms with E-state index in [9.17, 15) is 21.6 Å². The molecule has 1 saturated heterocycles. The molecule has 0 spiro atoms. The fourth-order valence-electron chi connectivity index (χ4n) is 4.12. The van der Waals surface area contributed by atoms with Gasteiger partial charge in [-0.05, 0) is 42.7 Å². The first-order chi connectivity index (χ1) is 16.2. The van der Waals surface area contributed by atoms with Crippen LogP contribution in [0.25, 0.3) is 11.1 Å². The second kappa shape index (κ2) is 9.69. The summed E-state index contributed by atoms with van der Waals surface area (Å²) in [6.07, 6.45) is 2.18. The van der Waals surface area contributed by atoms with E-state index in [0.717, 1.165) is 6.26 Å². The zero-order valence-electron chi connectivity index (χ0n) is 18.7. The van der Waals surface area contributed by atoms with Gasteiger partial charge in [-0.15, -0.1) is 0 Å². The molecule has 1 unspecified atom stereocenters. The number of sulfonamides is 1. The summed E-state index contributed by atoms with van der Waals surface area (Å²) in [4.78, 5) is 12.6. The van der Waals surface area contributed by atoms with Gasteiger partial charge in [-0.25, -0.2) is 16.8 Å². The molecule has 0 radical (unpaired) electrons. The van der Waals surface area contributed by atoms with Crippen molar-refractivity contribution in [3.05, 3.63) is 78.9 Å². The van der Waals surface area contributed by atoms with Crippen molar-refractivity contribution in [2.45, 2.75) is 22.6 Å². The number of nitrogens with zero attached hydrogens (tertiary/aromatic N) is 1. The number of piperidine rings is 1. The average Bonchev–Trinajstić information content (AvgIpc) is 2.84. The van der Waals surface area contributed by atoms with Crippen molar-refractivity contribution >= 4 is 31.5 Å². The molecular formula is C25H26N2O5S2. The Bertz CT molecular complexity index is 1390. The Hall–Kier alpha value is -3.01. The molecule has 0 aliphatic carbocycles. The number of benzene rings is 3. The number of carbonyl (C=O) groups excluding carboxylic acids is 1. The summed E-state index contributed by atoms with van der Waals surface area (Å²) in [5, 5.41) is 2.84. The Kier molecular flexibility index (Phi) is 6.88. The van der Waals surface area contributed by atoms with E-state index in [1.54, 1.807) is 36.4 Å². The Morgan fingerprint density at radius 2 is 1.56 bits per heavy atom. The van der Waals surface area contributed by atoms with E-state index in [-0.39, 0.29) is 28.8 Å². The molecule has 1 atom stereocenters. The molecule has 3 aromatic rings. The van der Waals surface area contributed by atoms with E-state index in [0.29, 0.717) is 29.7 Å². The standard InChI is InChI=1S/C25H26N2O5S2/c1-33(29,30)24-17-22(14-15-23(24)19-9-4-2-5-10-19)34(31,32)27-16-8-11-20(18-27)25(28)26-21-12-6-3-7-13-21/h2-7,9-10,12-15,17,20H,8,11,16,18H2,1H3,(H,26,28). The van der Waals surface area contributed by atoms with Crippen LogP contribution in [0, 0.1) is 5.92 Å². The quantitative estimate of drug-likeness (QED) is 0.557. The second-order valence-electron chi connectivity index (χ2n) is 8.35. The molecular weight excluding hydrogens is 472 g/mol. The first kappa shape index (κ1) is 24.1. The first-order valence-corrected chi connectivity index (χ1v) is 14.2. The lowest BCUT2D eigenvalue weighted by molar-refractivity contribution is -0.120. The van der Waals surface area contributed by atoms with Crippen LogP contribution in [0.2, 0.25) is 0 Å². The normalized spacial score (nSPS) is 17.3. The van der Waals surface area contributed by atoms with E-state index in [1.807, 2.05) is 24.3 Å². The molecule has 4 rings (SSSR count). The third-order valence-corrected chi connectivity index (χ3v) is 8.87. The summed E-state index contributed by atoms with van der Waals surface area (Å²) in [6, 6.07) is 22.2. The summed E-state index contributed by atoms with van der Waals surface area (Å²) in [6.45, 7) is 0.307. The van der Waals surface area contributed by atoms with Gasteiger partial charge in [0.15, 0.2) is 9.84 Å². The monoisotopic (exact) mass is 498 g/mol. The smallest absolute Gasteiger partial charge is 0.243 e. The Morgan fingerprint density at radius 1 is 0.912 bits per heavy atom. The number of rotatable bonds is 6. The van der Waals surface area contributed by atoms with Gasteiger partial charge in [0, 0.05) is 30.6 Å². The highest BCUT2D eigenvalue weighted by atomic mass is 32.2. The van der Waals surface area contributed by atoms with Crippen LogP contribution in [0.1, 0.15) is 12.8 Å². The number of hydrogen-bond donors (Lipinski definition) is 1. The highest BCUT2D eigenvalue weighted by molar-refractivity contribution is 7.91. The molecule has 0 bridgehead atoms. The van der Waals surface area contributed by atoms with Gasteiger partial charge in [0.25, 0.3) is 0 Å². The predicted molar refractivity (Wildman–Crippen MR) is 132 cm³/mol. The topological polar surface area (TPSA) is 101 Å². The largest absolute Gasteiger partial charge is 0.326 e. The molecule has 7 nitrogen and oxygen atoms in total. The SMILES string of the molecule is CS(=O)(=O)c1cc(S(=O)(=O)N2CCCC(C(=O)Nc3ccccc3)C2)ccc1-c1ccccc1. The van der Waals surface area contributed by atoms with Crippen LogP contribution >= 0.6 is 0 Å². The first-order valence-electron chi connectivity index (χ1n) is 10.9. The van der Waals surface area contributed by atoms with Crippen LogP contribution in [0.3, 0.4) is 0 Å². The highest BCUT2D eigenvalue weighted by Crippen LogP contribution is 2.32. The van der Waals surface area contributed by atoms with E-state index < -0.39 is 25.8 Å². The fraction of sp³-hybridized carbons (Fsp3) is 0.240. The van der Waals surface area contributed by atoms with E-state index in [4.69, 9.17) is 0 Å². The predicted octanol–water partition coefficient (Wildman–Crippen LogP) is 3.80. The van der Waals surface area contributed by atoms with Crippen LogP contribution in [0.15, 0.2) is 88.7 Å². The number of amides is 1. The minimum Gasteiger partial charge on any atom is -0.326 e. The summed E-state index contributed by atoms with van der Waals surface area (Å²) < 4.78 is 53.2. The molecule has 1 heterocycles. The average molecular weight is 499 g/mol. The Balaban J connectivity index is 1.61. The van der Waals surface area contributed by atoms with Gasteiger partial charge in [0.2, 0.25) is 15.9 Å².